The predicted octanol–water partition coefficient (Wildman–Crippen LogP) is 2.75. The van der Waals surface area contributed by atoms with E-state index in [1.165, 1.54) is 0 Å². The summed E-state index contributed by atoms with van der Waals surface area (Å²) in [5.74, 6) is 1.83. The Morgan fingerprint density at radius 2 is 2.00 bits per heavy atom. The number of hydrogen-bond acceptors (Lipinski definition) is 3. The Hall–Kier alpha value is -0.520. The maximum absolute atomic E-state index is 11.9. The minimum Gasteiger partial charge on any atom is -0.466 e. The lowest BCUT2D eigenvalue weighted by Gasteiger charge is -2.15. The molecule has 104 valence electrons. The van der Waals surface area contributed by atoms with Crippen LogP contribution in [0.25, 0.3) is 0 Å². The molecule has 0 saturated heterocycles. The minimum absolute atomic E-state index is 0.0384. The number of furan rings is 1. The van der Waals surface area contributed by atoms with Crippen LogP contribution in [0.1, 0.15) is 37.0 Å². The summed E-state index contributed by atoms with van der Waals surface area (Å²) in [5, 5.41) is 0. The summed E-state index contributed by atoms with van der Waals surface area (Å²) in [7, 11) is -3.32. The monoisotopic (exact) mass is 293 g/mol. The van der Waals surface area contributed by atoms with Crippen molar-refractivity contribution in [2.45, 2.75) is 33.7 Å². The van der Waals surface area contributed by atoms with Gasteiger partial charge in [-0.3, -0.25) is 0 Å². The molecule has 0 bridgehead atoms. The van der Waals surface area contributed by atoms with Crippen LogP contribution < -0.4 is 4.72 Å². The zero-order valence-corrected chi connectivity index (χ0v) is 12.7. The van der Waals surface area contributed by atoms with Crippen molar-refractivity contribution in [2.24, 2.45) is 5.92 Å². The first-order valence-corrected chi connectivity index (χ1v) is 8.06. The molecule has 0 spiro atoms. The topological polar surface area (TPSA) is 59.3 Å². The molecule has 0 fully saturated rings. The van der Waals surface area contributed by atoms with E-state index in [9.17, 15) is 8.42 Å². The lowest BCUT2D eigenvalue weighted by Crippen LogP contribution is -2.31. The fraction of sp³-hybridized carbons (Fsp3) is 0.667. The molecule has 0 aliphatic rings. The molecular formula is C12H20ClNO3S. The number of hydrogen-bond donors (Lipinski definition) is 1. The molecule has 0 aromatic carbocycles. The van der Waals surface area contributed by atoms with Crippen molar-refractivity contribution in [3.8, 4) is 0 Å². The fourth-order valence-electron chi connectivity index (χ4n) is 1.88. The van der Waals surface area contributed by atoms with Crippen LogP contribution in [0.15, 0.2) is 10.5 Å². The third kappa shape index (κ3) is 4.30. The molecular weight excluding hydrogens is 274 g/mol. The van der Waals surface area contributed by atoms with Crippen molar-refractivity contribution in [1.82, 2.24) is 4.72 Å². The molecule has 2 unspecified atom stereocenters. The third-order valence-electron chi connectivity index (χ3n) is 2.67. The van der Waals surface area contributed by atoms with E-state index < -0.39 is 10.0 Å². The maximum atomic E-state index is 11.9. The number of alkyl halides is 1. The summed E-state index contributed by atoms with van der Waals surface area (Å²) in [5.41, 5.74) is 0.870. The SMILES string of the molecule is Cc1cc(C(C)NS(=O)(=O)CC(C)CCl)c(C)o1. The van der Waals surface area contributed by atoms with Gasteiger partial charge in [0.1, 0.15) is 11.5 Å². The number of sulfonamides is 1. The molecule has 2 atom stereocenters. The van der Waals surface area contributed by atoms with Gasteiger partial charge in [0.2, 0.25) is 10.0 Å². The van der Waals surface area contributed by atoms with Crippen molar-refractivity contribution >= 4 is 21.6 Å². The Morgan fingerprint density at radius 1 is 1.39 bits per heavy atom. The second-order valence-corrected chi connectivity index (χ2v) is 6.86. The molecule has 1 aromatic heterocycles. The van der Waals surface area contributed by atoms with Gasteiger partial charge in [-0.1, -0.05) is 6.92 Å². The van der Waals surface area contributed by atoms with E-state index in [2.05, 4.69) is 4.72 Å². The van der Waals surface area contributed by atoms with Crippen molar-refractivity contribution in [3.05, 3.63) is 23.2 Å². The van der Waals surface area contributed by atoms with Gasteiger partial charge >= 0.3 is 0 Å². The molecule has 0 radical (unpaired) electrons. The minimum atomic E-state index is -3.32. The van der Waals surface area contributed by atoms with Gasteiger partial charge < -0.3 is 4.42 Å². The summed E-state index contributed by atoms with van der Waals surface area (Å²) in [6.45, 7) is 7.28. The molecule has 1 rings (SSSR count). The largest absolute Gasteiger partial charge is 0.466 e. The zero-order chi connectivity index (χ0) is 13.9. The summed E-state index contributed by atoms with van der Waals surface area (Å²) in [6.07, 6.45) is 0. The first kappa shape index (κ1) is 15.5. The lowest BCUT2D eigenvalue weighted by atomic mass is 10.1. The van der Waals surface area contributed by atoms with Gasteiger partial charge in [-0.25, -0.2) is 13.1 Å². The highest BCUT2D eigenvalue weighted by Crippen LogP contribution is 2.22. The van der Waals surface area contributed by atoms with Crippen LogP contribution in [0.2, 0.25) is 0 Å². The van der Waals surface area contributed by atoms with Crippen LogP contribution in [0.3, 0.4) is 0 Å². The van der Waals surface area contributed by atoms with Crippen molar-refractivity contribution in [3.63, 3.8) is 0 Å². The second-order valence-electron chi connectivity index (χ2n) is 4.75. The van der Waals surface area contributed by atoms with E-state index in [4.69, 9.17) is 16.0 Å². The highest BCUT2D eigenvalue weighted by Gasteiger charge is 2.21. The van der Waals surface area contributed by atoms with E-state index in [-0.39, 0.29) is 17.7 Å². The molecule has 1 N–H and O–H groups in total. The van der Waals surface area contributed by atoms with E-state index in [0.29, 0.717) is 5.88 Å². The van der Waals surface area contributed by atoms with Crippen molar-refractivity contribution < 1.29 is 12.8 Å². The molecule has 0 saturated carbocycles. The van der Waals surface area contributed by atoms with Gasteiger partial charge in [-0.05, 0) is 32.8 Å². The van der Waals surface area contributed by atoms with E-state index in [1.807, 2.05) is 26.8 Å². The van der Waals surface area contributed by atoms with Crippen LogP contribution >= 0.6 is 11.6 Å². The van der Waals surface area contributed by atoms with Gasteiger partial charge in [0.05, 0.1) is 5.75 Å². The van der Waals surface area contributed by atoms with Gasteiger partial charge in [-0.15, -0.1) is 11.6 Å². The standard InChI is InChI=1S/C12H20ClNO3S/c1-8(6-13)7-18(15,16)14-10(3)12-5-9(2)17-11(12)4/h5,8,10,14H,6-7H2,1-4H3. The molecule has 0 aliphatic heterocycles. The van der Waals surface area contributed by atoms with E-state index in [1.54, 1.807) is 6.92 Å². The molecule has 1 heterocycles. The Bertz CT molecular complexity index is 495. The summed E-state index contributed by atoms with van der Waals surface area (Å²) in [4.78, 5) is 0. The second kappa shape index (κ2) is 6.08. The van der Waals surface area contributed by atoms with Crippen LogP contribution in [-0.2, 0) is 10.0 Å². The molecule has 1 aromatic rings. The predicted molar refractivity (Wildman–Crippen MR) is 73.4 cm³/mol. The van der Waals surface area contributed by atoms with Gasteiger partial charge in [0.15, 0.2) is 0 Å². The van der Waals surface area contributed by atoms with Crippen LogP contribution in [0, 0.1) is 19.8 Å². The number of rotatable bonds is 6. The Morgan fingerprint density at radius 3 is 2.44 bits per heavy atom. The summed E-state index contributed by atoms with van der Waals surface area (Å²) in [6, 6.07) is 1.56. The average molecular weight is 294 g/mol. The molecule has 6 heteroatoms. The maximum Gasteiger partial charge on any atom is 0.212 e. The first-order valence-electron chi connectivity index (χ1n) is 5.88. The van der Waals surface area contributed by atoms with Crippen LogP contribution in [0.4, 0.5) is 0 Å². The molecule has 0 amide bonds. The number of halogens is 1. The molecule has 18 heavy (non-hydrogen) atoms. The average Bonchev–Trinajstić information content (AvgIpc) is 2.56. The lowest BCUT2D eigenvalue weighted by molar-refractivity contribution is 0.496. The highest BCUT2D eigenvalue weighted by molar-refractivity contribution is 7.89. The quantitative estimate of drug-likeness (QED) is 0.821. The first-order chi connectivity index (χ1) is 8.25. The van der Waals surface area contributed by atoms with E-state index >= 15 is 0 Å². The Labute approximate surface area is 114 Å². The van der Waals surface area contributed by atoms with Crippen LogP contribution in [0.5, 0.6) is 0 Å². The van der Waals surface area contributed by atoms with Crippen LogP contribution in [-0.4, -0.2) is 20.1 Å². The normalized spacial score (nSPS) is 15.6. The third-order valence-corrected chi connectivity index (χ3v) is 4.92. The van der Waals surface area contributed by atoms with Gasteiger partial charge in [0, 0.05) is 17.5 Å². The molecule has 0 aliphatic carbocycles. The number of aryl methyl sites for hydroxylation is 2. The summed E-state index contributed by atoms with van der Waals surface area (Å²) < 4.78 is 31.8. The number of nitrogens with one attached hydrogen (secondary N) is 1. The smallest absolute Gasteiger partial charge is 0.212 e. The fourth-order valence-corrected chi connectivity index (χ4v) is 3.75. The Kier molecular flexibility index (Phi) is 5.25. The van der Waals surface area contributed by atoms with Gasteiger partial charge in [0.25, 0.3) is 0 Å². The molecule has 4 nitrogen and oxygen atoms in total. The zero-order valence-electron chi connectivity index (χ0n) is 11.2. The van der Waals surface area contributed by atoms with E-state index in [0.717, 1.165) is 17.1 Å². The summed E-state index contributed by atoms with van der Waals surface area (Å²) >= 11 is 5.63. The Balaban J connectivity index is 2.75. The van der Waals surface area contributed by atoms with Crippen molar-refractivity contribution in [1.29, 1.82) is 0 Å². The van der Waals surface area contributed by atoms with Crippen molar-refractivity contribution in [2.75, 3.05) is 11.6 Å². The van der Waals surface area contributed by atoms with Gasteiger partial charge in [-0.2, -0.15) is 0 Å². The highest BCUT2D eigenvalue weighted by atomic mass is 35.5.